The van der Waals surface area contributed by atoms with E-state index in [-0.39, 0.29) is 12.1 Å². The number of ether oxygens (including phenoxy) is 3. The molecule has 0 spiro atoms. The lowest BCUT2D eigenvalue weighted by Gasteiger charge is -2.33. The highest BCUT2D eigenvalue weighted by atomic mass is 16.5. The van der Waals surface area contributed by atoms with Gasteiger partial charge in [0.2, 0.25) is 0 Å². The first-order chi connectivity index (χ1) is 13.1. The maximum atomic E-state index is 13.0. The topological polar surface area (TPSA) is 77.1 Å². The Kier molecular flexibility index (Phi) is 6.55. The zero-order valence-electron chi connectivity index (χ0n) is 16.0. The smallest absolute Gasteiger partial charge is 0.337 e. The predicted octanol–water partition coefficient (Wildman–Crippen LogP) is 3.29. The van der Waals surface area contributed by atoms with E-state index in [0.29, 0.717) is 29.5 Å². The van der Waals surface area contributed by atoms with Gasteiger partial charge in [0.05, 0.1) is 31.6 Å². The lowest BCUT2D eigenvalue weighted by molar-refractivity contribution is 0.0600. The highest BCUT2D eigenvalue weighted by Crippen LogP contribution is 2.29. The molecule has 1 atom stereocenters. The first-order valence-electron chi connectivity index (χ1n) is 9.54. The van der Waals surface area contributed by atoms with Gasteiger partial charge in [-0.05, 0) is 49.8 Å². The summed E-state index contributed by atoms with van der Waals surface area (Å²) in [6.07, 6.45) is 5.68. The minimum absolute atomic E-state index is 0.0964. The highest BCUT2D eigenvalue weighted by Gasteiger charge is 2.28. The number of amides is 2. The van der Waals surface area contributed by atoms with E-state index in [1.165, 1.54) is 20.6 Å². The number of carbonyl (C=O) groups excluding carboxylic acids is 2. The third kappa shape index (κ3) is 4.91. The molecule has 1 heterocycles. The fraction of sp³-hybridized carbons (Fsp3) is 0.600. The number of hydrogen-bond donors (Lipinski definition) is 1. The lowest BCUT2D eigenvalue weighted by Crippen LogP contribution is -2.44. The number of urea groups is 1. The number of hydrogen-bond acceptors (Lipinski definition) is 5. The van der Waals surface area contributed by atoms with Crippen molar-refractivity contribution in [3.05, 3.63) is 23.8 Å². The SMILES string of the molecule is COC(=O)c1ccc(OC)c(NC(=O)N(CC2CCC2)C[C@H]2CCCO2)c1. The number of methoxy groups -OCH3 is 2. The van der Waals surface area contributed by atoms with Crippen LogP contribution in [0.5, 0.6) is 5.75 Å². The summed E-state index contributed by atoms with van der Waals surface area (Å²) in [4.78, 5) is 26.6. The lowest BCUT2D eigenvalue weighted by atomic mass is 9.85. The molecule has 27 heavy (non-hydrogen) atoms. The number of benzene rings is 1. The Balaban J connectivity index is 1.73. The summed E-state index contributed by atoms with van der Waals surface area (Å²) in [6, 6.07) is 4.64. The number of nitrogens with zero attached hydrogens (tertiary/aromatic N) is 1. The van der Waals surface area contributed by atoms with Crippen LogP contribution in [-0.2, 0) is 9.47 Å². The van der Waals surface area contributed by atoms with Gasteiger partial charge in [0, 0.05) is 19.7 Å². The molecular weight excluding hydrogens is 348 g/mol. The molecule has 1 aliphatic heterocycles. The van der Waals surface area contributed by atoms with Crippen molar-refractivity contribution in [2.24, 2.45) is 5.92 Å². The Hall–Kier alpha value is -2.28. The van der Waals surface area contributed by atoms with Gasteiger partial charge in [-0.1, -0.05) is 6.42 Å². The molecule has 0 radical (unpaired) electrons. The molecular formula is C20H28N2O5. The van der Waals surface area contributed by atoms with E-state index in [4.69, 9.17) is 14.2 Å². The second-order valence-electron chi connectivity index (χ2n) is 7.17. The molecule has 1 saturated carbocycles. The summed E-state index contributed by atoms with van der Waals surface area (Å²) in [5.74, 6) is 0.594. The molecule has 1 aromatic carbocycles. The maximum absolute atomic E-state index is 13.0. The van der Waals surface area contributed by atoms with E-state index < -0.39 is 5.97 Å². The second kappa shape index (κ2) is 9.08. The van der Waals surface area contributed by atoms with Crippen molar-refractivity contribution in [2.45, 2.75) is 38.2 Å². The molecule has 1 aliphatic carbocycles. The molecule has 7 nitrogen and oxygen atoms in total. The quantitative estimate of drug-likeness (QED) is 0.739. The molecule has 1 aromatic rings. The molecule has 148 valence electrons. The van der Waals surface area contributed by atoms with E-state index in [1.54, 1.807) is 18.2 Å². The van der Waals surface area contributed by atoms with Crippen molar-refractivity contribution >= 4 is 17.7 Å². The van der Waals surface area contributed by atoms with Crippen LogP contribution >= 0.6 is 0 Å². The molecule has 0 bridgehead atoms. The van der Waals surface area contributed by atoms with Crippen LogP contribution in [0.4, 0.5) is 10.5 Å². The van der Waals surface area contributed by atoms with E-state index >= 15 is 0 Å². The molecule has 1 saturated heterocycles. The van der Waals surface area contributed by atoms with E-state index in [9.17, 15) is 9.59 Å². The number of carbonyl (C=O) groups is 2. The Morgan fingerprint density at radius 1 is 1.19 bits per heavy atom. The molecule has 1 N–H and O–H groups in total. The average Bonchev–Trinajstić information content (AvgIpc) is 3.15. The van der Waals surface area contributed by atoms with Crippen LogP contribution in [0.1, 0.15) is 42.5 Å². The summed E-state index contributed by atoms with van der Waals surface area (Å²) in [7, 11) is 2.86. The van der Waals surface area contributed by atoms with E-state index in [2.05, 4.69) is 5.32 Å². The molecule has 2 fully saturated rings. The van der Waals surface area contributed by atoms with Crippen LogP contribution in [-0.4, -0.2) is 56.9 Å². The van der Waals surface area contributed by atoms with Crippen LogP contribution in [0.15, 0.2) is 18.2 Å². The number of anilines is 1. The van der Waals surface area contributed by atoms with Gasteiger partial charge in [-0.3, -0.25) is 0 Å². The molecule has 2 amide bonds. The van der Waals surface area contributed by atoms with Gasteiger partial charge in [-0.15, -0.1) is 0 Å². The Morgan fingerprint density at radius 3 is 2.59 bits per heavy atom. The van der Waals surface area contributed by atoms with Crippen LogP contribution in [0.3, 0.4) is 0 Å². The van der Waals surface area contributed by atoms with Gasteiger partial charge in [-0.25, -0.2) is 9.59 Å². The molecule has 3 rings (SSSR count). The Morgan fingerprint density at radius 2 is 2.00 bits per heavy atom. The van der Waals surface area contributed by atoms with Crippen LogP contribution in [0.25, 0.3) is 0 Å². The fourth-order valence-corrected chi connectivity index (χ4v) is 3.51. The van der Waals surface area contributed by atoms with Crippen molar-refractivity contribution < 1.29 is 23.8 Å². The number of nitrogens with one attached hydrogen (secondary N) is 1. The molecule has 0 unspecified atom stereocenters. The number of rotatable bonds is 7. The van der Waals surface area contributed by atoms with Crippen LogP contribution < -0.4 is 10.1 Å². The summed E-state index contributed by atoms with van der Waals surface area (Å²) in [5, 5.41) is 2.91. The predicted molar refractivity (Wildman–Crippen MR) is 101 cm³/mol. The minimum atomic E-state index is -0.459. The zero-order chi connectivity index (χ0) is 19.2. The van der Waals surface area contributed by atoms with Crippen molar-refractivity contribution in [3.8, 4) is 5.75 Å². The van der Waals surface area contributed by atoms with Crippen molar-refractivity contribution in [2.75, 3.05) is 39.2 Å². The fourth-order valence-electron chi connectivity index (χ4n) is 3.51. The second-order valence-corrected chi connectivity index (χ2v) is 7.17. The van der Waals surface area contributed by atoms with Crippen molar-refractivity contribution in [1.29, 1.82) is 0 Å². The molecule has 7 heteroatoms. The Labute approximate surface area is 160 Å². The third-order valence-corrected chi connectivity index (χ3v) is 5.30. The van der Waals surface area contributed by atoms with Gasteiger partial charge in [0.25, 0.3) is 0 Å². The maximum Gasteiger partial charge on any atom is 0.337 e. The first-order valence-corrected chi connectivity index (χ1v) is 9.54. The molecule has 2 aliphatic rings. The summed E-state index contributed by atoms with van der Waals surface area (Å²) < 4.78 is 15.8. The zero-order valence-corrected chi connectivity index (χ0v) is 16.0. The van der Waals surface area contributed by atoms with Gasteiger partial charge >= 0.3 is 12.0 Å². The van der Waals surface area contributed by atoms with Gasteiger partial charge in [-0.2, -0.15) is 0 Å². The van der Waals surface area contributed by atoms with Gasteiger partial charge < -0.3 is 24.4 Å². The average molecular weight is 376 g/mol. The molecule has 0 aromatic heterocycles. The van der Waals surface area contributed by atoms with Gasteiger partial charge in [0.1, 0.15) is 5.75 Å². The van der Waals surface area contributed by atoms with Crippen LogP contribution in [0.2, 0.25) is 0 Å². The largest absolute Gasteiger partial charge is 0.495 e. The standard InChI is InChI=1S/C20H28N2O5/c1-25-18-9-8-15(19(23)26-2)11-17(18)21-20(24)22(12-14-5-3-6-14)13-16-7-4-10-27-16/h8-9,11,14,16H,3-7,10,12-13H2,1-2H3,(H,21,24)/t16-/m1/s1. The first kappa shape index (κ1) is 19.5. The highest BCUT2D eigenvalue weighted by molar-refractivity contribution is 5.95. The van der Waals surface area contributed by atoms with Gasteiger partial charge in [0.15, 0.2) is 0 Å². The Bertz CT molecular complexity index is 668. The normalized spacial score (nSPS) is 19.3. The van der Waals surface area contributed by atoms with Crippen LogP contribution in [0, 0.1) is 5.92 Å². The third-order valence-electron chi connectivity index (χ3n) is 5.30. The summed E-state index contributed by atoms with van der Waals surface area (Å²) >= 11 is 0. The minimum Gasteiger partial charge on any atom is -0.495 e. The van der Waals surface area contributed by atoms with E-state index in [1.807, 2.05) is 4.90 Å². The monoisotopic (exact) mass is 376 g/mol. The summed E-state index contributed by atoms with van der Waals surface area (Å²) in [6.45, 7) is 2.07. The van der Waals surface area contributed by atoms with Crippen molar-refractivity contribution in [1.82, 2.24) is 4.90 Å². The van der Waals surface area contributed by atoms with E-state index in [0.717, 1.165) is 38.8 Å². The summed E-state index contributed by atoms with van der Waals surface area (Å²) in [5.41, 5.74) is 0.814. The van der Waals surface area contributed by atoms with Crippen molar-refractivity contribution in [3.63, 3.8) is 0 Å². The number of esters is 1.